The van der Waals surface area contributed by atoms with Crippen molar-refractivity contribution in [3.63, 3.8) is 0 Å². The van der Waals surface area contributed by atoms with Gasteiger partial charge in [-0.3, -0.25) is 19.0 Å². The van der Waals surface area contributed by atoms with Crippen LogP contribution in [0.5, 0.6) is 5.75 Å². The van der Waals surface area contributed by atoms with Crippen molar-refractivity contribution in [1.29, 1.82) is 0 Å². The minimum atomic E-state index is -1.20. The number of aliphatic carboxylic acids is 1. The number of phenols is 1. The van der Waals surface area contributed by atoms with Crippen molar-refractivity contribution in [3.05, 3.63) is 64.1 Å². The minimum Gasteiger partial charge on any atom is -0.505 e. The lowest BCUT2D eigenvalue weighted by molar-refractivity contribution is -0.138. The number of hydrogen-bond acceptors (Lipinski definition) is 4. The molecule has 156 valence electrons. The second kappa shape index (κ2) is 8.16. The van der Waals surface area contributed by atoms with E-state index in [1.165, 1.54) is 23.6 Å². The summed E-state index contributed by atoms with van der Waals surface area (Å²) in [5.74, 6) is -4.66. The summed E-state index contributed by atoms with van der Waals surface area (Å²) in [5, 5.41) is 21.7. The van der Waals surface area contributed by atoms with Crippen molar-refractivity contribution >= 4 is 40.3 Å². The fourth-order valence-corrected chi connectivity index (χ4v) is 3.55. The van der Waals surface area contributed by atoms with Crippen LogP contribution in [-0.4, -0.2) is 39.1 Å². The number of amides is 1. The van der Waals surface area contributed by atoms with Crippen LogP contribution in [0, 0.1) is 12.7 Å². The smallest absolute Gasteiger partial charge is 0.322 e. The van der Waals surface area contributed by atoms with E-state index in [9.17, 15) is 23.9 Å². The standard InChI is InChI=1S/C21H18ClFN2O5/c1-10(20(29)24-9-18(27)28)19-11(2)25(16-8-15(23)17(26)7-14(16)19)21(30)12-3-5-13(22)6-4-12/h3-8,10,26H,9H2,1-2H3,(H,24,29)(H,27,28)/t10-/m0/s1. The maximum atomic E-state index is 14.1. The van der Waals surface area contributed by atoms with Crippen molar-refractivity contribution in [2.24, 2.45) is 0 Å². The molecule has 0 saturated heterocycles. The van der Waals surface area contributed by atoms with Crippen LogP contribution in [0.3, 0.4) is 0 Å². The fraction of sp³-hybridized carbons (Fsp3) is 0.190. The van der Waals surface area contributed by atoms with Gasteiger partial charge in [-0.2, -0.15) is 0 Å². The third kappa shape index (κ3) is 3.86. The van der Waals surface area contributed by atoms with E-state index >= 15 is 0 Å². The summed E-state index contributed by atoms with van der Waals surface area (Å²) in [6, 6.07) is 8.32. The van der Waals surface area contributed by atoms with Crippen LogP contribution in [0.15, 0.2) is 36.4 Å². The van der Waals surface area contributed by atoms with Crippen LogP contribution < -0.4 is 5.32 Å². The van der Waals surface area contributed by atoms with E-state index in [4.69, 9.17) is 16.7 Å². The Morgan fingerprint density at radius 3 is 2.43 bits per heavy atom. The summed E-state index contributed by atoms with van der Waals surface area (Å²) in [4.78, 5) is 36.4. The van der Waals surface area contributed by atoms with E-state index in [-0.39, 0.29) is 5.52 Å². The van der Waals surface area contributed by atoms with Crippen molar-refractivity contribution in [2.45, 2.75) is 19.8 Å². The zero-order valence-electron chi connectivity index (χ0n) is 16.1. The lowest BCUT2D eigenvalue weighted by Crippen LogP contribution is -2.32. The molecule has 0 aliphatic rings. The van der Waals surface area contributed by atoms with E-state index in [0.29, 0.717) is 27.2 Å². The molecule has 0 saturated carbocycles. The number of halogens is 2. The number of carbonyl (C=O) groups excluding carboxylic acids is 2. The Morgan fingerprint density at radius 2 is 1.83 bits per heavy atom. The number of aromatic nitrogens is 1. The van der Waals surface area contributed by atoms with Gasteiger partial charge in [0.1, 0.15) is 6.54 Å². The van der Waals surface area contributed by atoms with Gasteiger partial charge in [0.05, 0.1) is 11.4 Å². The molecule has 0 fully saturated rings. The molecule has 3 aromatic rings. The molecule has 7 nitrogen and oxygen atoms in total. The highest BCUT2D eigenvalue weighted by molar-refractivity contribution is 6.30. The monoisotopic (exact) mass is 432 g/mol. The molecule has 1 aromatic heterocycles. The van der Waals surface area contributed by atoms with Crippen molar-refractivity contribution < 1.29 is 29.0 Å². The molecule has 0 bridgehead atoms. The number of hydrogen-bond donors (Lipinski definition) is 3. The number of fused-ring (bicyclic) bond motifs is 1. The van der Waals surface area contributed by atoms with Gasteiger partial charge in [0.15, 0.2) is 11.6 Å². The Bertz CT molecular complexity index is 1170. The Hall–Kier alpha value is -3.39. The lowest BCUT2D eigenvalue weighted by Gasteiger charge is -2.13. The first-order valence-electron chi connectivity index (χ1n) is 8.95. The number of phenolic OH excluding ortho intramolecular Hbond substituents is 1. The summed E-state index contributed by atoms with van der Waals surface area (Å²) in [5.41, 5.74) is 1.22. The molecule has 1 heterocycles. The third-order valence-electron chi connectivity index (χ3n) is 4.86. The van der Waals surface area contributed by atoms with Crippen LogP contribution in [0.2, 0.25) is 5.02 Å². The Balaban J connectivity index is 2.19. The van der Waals surface area contributed by atoms with Crippen LogP contribution in [0.25, 0.3) is 10.9 Å². The Kier molecular flexibility index (Phi) is 5.80. The van der Waals surface area contributed by atoms with Gasteiger partial charge < -0.3 is 15.5 Å². The van der Waals surface area contributed by atoms with Crippen LogP contribution in [-0.2, 0) is 9.59 Å². The van der Waals surface area contributed by atoms with E-state index in [1.807, 2.05) is 0 Å². The highest BCUT2D eigenvalue weighted by Gasteiger charge is 2.28. The quantitative estimate of drug-likeness (QED) is 0.572. The van der Waals surface area contributed by atoms with Gasteiger partial charge in [0.2, 0.25) is 5.91 Å². The molecule has 3 N–H and O–H groups in total. The molecule has 3 rings (SSSR count). The minimum absolute atomic E-state index is 0.177. The molecule has 0 aliphatic heterocycles. The van der Waals surface area contributed by atoms with Crippen LogP contribution >= 0.6 is 11.6 Å². The molecule has 30 heavy (non-hydrogen) atoms. The average Bonchev–Trinajstić information content (AvgIpc) is 2.96. The van der Waals surface area contributed by atoms with Crippen molar-refractivity contribution in [2.75, 3.05) is 6.54 Å². The van der Waals surface area contributed by atoms with Crippen LogP contribution in [0.4, 0.5) is 4.39 Å². The van der Waals surface area contributed by atoms with E-state index in [0.717, 1.165) is 12.1 Å². The number of nitrogens with one attached hydrogen (secondary N) is 1. The molecule has 1 atom stereocenters. The first-order chi connectivity index (χ1) is 14.1. The molecule has 0 spiro atoms. The van der Waals surface area contributed by atoms with Gasteiger partial charge in [-0.1, -0.05) is 11.6 Å². The Labute approximate surface area is 175 Å². The highest BCUT2D eigenvalue weighted by Crippen LogP contribution is 2.36. The number of benzene rings is 2. The highest BCUT2D eigenvalue weighted by atomic mass is 35.5. The summed E-state index contributed by atoms with van der Waals surface area (Å²) < 4.78 is 15.4. The predicted octanol–water partition coefficient (Wildman–Crippen LogP) is 3.44. The first-order valence-corrected chi connectivity index (χ1v) is 9.32. The number of carboxylic acid groups (broad SMARTS) is 1. The molecule has 0 aliphatic carbocycles. The molecule has 0 unspecified atom stereocenters. The number of carboxylic acids is 1. The number of aromatic hydroxyl groups is 1. The third-order valence-corrected chi connectivity index (χ3v) is 5.11. The first kappa shape index (κ1) is 21.3. The maximum absolute atomic E-state index is 14.1. The zero-order chi connectivity index (χ0) is 22.2. The number of nitrogens with zero attached hydrogens (tertiary/aromatic N) is 1. The summed E-state index contributed by atoms with van der Waals surface area (Å²) in [7, 11) is 0. The summed E-state index contributed by atoms with van der Waals surface area (Å²) in [6.07, 6.45) is 0. The second-order valence-corrected chi connectivity index (χ2v) is 7.24. The van der Waals surface area contributed by atoms with Gasteiger partial charge in [0, 0.05) is 27.7 Å². The number of carbonyl (C=O) groups is 3. The van der Waals surface area contributed by atoms with E-state index in [1.54, 1.807) is 19.1 Å². The van der Waals surface area contributed by atoms with E-state index < -0.39 is 41.8 Å². The van der Waals surface area contributed by atoms with Gasteiger partial charge in [-0.25, -0.2) is 4.39 Å². The number of rotatable bonds is 5. The zero-order valence-corrected chi connectivity index (χ0v) is 16.8. The lowest BCUT2D eigenvalue weighted by atomic mass is 9.97. The Morgan fingerprint density at radius 1 is 1.20 bits per heavy atom. The molecule has 9 heteroatoms. The predicted molar refractivity (Wildman–Crippen MR) is 109 cm³/mol. The van der Waals surface area contributed by atoms with Gasteiger partial charge in [-0.15, -0.1) is 0 Å². The normalized spacial score (nSPS) is 12.0. The van der Waals surface area contributed by atoms with Gasteiger partial charge in [-0.05, 0) is 49.7 Å². The summed E-state index contributed by atoms with van der Waals surface area (Å²) in [6.45, 7) is 2.57. The molecule has 2 aromatic carbocycles. The van der Waals surface area contributed by atoms with Gasteiger partial charge >= 0.3 is 5.97 Å². The SMILES string of the molecule is Cc1c([C@H](C)C(=O)NCC(=O)O)c2cc(O)c(F)cc2n1C(=O)c1ccc(Cl)cc1. The second-order valence-electron chi connectivity index (χ2n) is 6.80. The average molecular weight is 433 g/mol. The fourth-order valence-electron chi connectivity index (χ4n) is 3.42. The van der Waals surface area contributed by atoms with E-state index in [2.05, 4.69) is 5.32 Å². The van der Waals surface area contributed by atoms with Gasteiger partial charge in [0.25, 0.3) is 5.91 Å². The van der Waals surface area contributed by atoms with Crippen LogP contribution in [0.1, 0.15) is 34.5 Å². The largest absolute Gasteiger partial charge is 0.505 e. The van der Waals surface area contributed by atoms with Crippen molar-refractivity contribution in [3.8, 4) is 5.75 Å². The van der Waals surface area contributed by atoms with Crippen molar-refractivity contribution in [1.82, 2.24) is 9.88 Å². The topological polar surface area (TPSA) is 109 Å². The molecular formula is C21H18ClFN2O5. The molecular weight excluding hydrogens is 415 g/mol. The maximum Gasteiger partial charge on any atom is 0.322 e. The molecule has 1 amide bonds. The summed E-state index contributed by atoms with van der Waals surface area (Å²) >= 11 is 5.88. The molecule has 0 radical (unpaired) electrons.